The normalized spacial score (nSPS) is 14.7. The number of nitrogens with zero attached hydrogens (tertiary/aromatic N) is 1. The molecule has 1 heterocycles. The average Bonchev–Trinajstić information content (AvgIpc) is 2.91. The Morgan fingerprint density at radius 3 is 2.59 bits per heavy atom. The molecule has 3 rings (SSSR count). The summed E-state index contributed by atoms with van der Waals surface area (Å²) in [6, 6.07) is 9.45. The summed E-state index contributed by atoms with van der Waals surface area (Å²) in [5.74, 6) is -0.949. The number of benzene rings is 2. The van der Waals surface area contributed by atoms with Gasteiger partial charge in [-0.25, -0.2) is 15.0 Å². The van der Waals surface area contributed by atoms with Gasteiger partial charge in [-0.15, -0.1) is 0 Å². The van der Waals surface area contributed by atoms with Crippen LogP contribution in [-0.2, 0) is 23.9 Å². The number of hydrazone groups is 1. The maximum Gasteiger partial charge on any atom is 0.344 e. The number of halogens is 2. The molecular weight excluding hydrogens is 640 g/mol. The molecule has 1 atom stereocenters. The SMILES string of the molecule is CCOC(=O)COc1c(Br)cc(Cl)cc1C=NNC(=O)COc1ccccc1[C@H]1NC(=S)NC(C)=C1C(=O)OCC. The predicted molar refractivity (Wildman–Crippen MR) is 160 cm³/mol. The highest BCUT2D eigenvalue weighted by atomic mass is 79.9. The molecule has 0 saturated carbocycles. The van der Waals surface area contributed by atoms with Crippen molar-refractivity contribution in [3.05, 3.63) is 68.3 Å². The van der Waals surface area contributed by atoms with Crippen LogP contribution >= 0.6 is 39.7 Å². The molecule has 0 aliphatic carbocycles. The molecular formula is C27H28BrClN4O7S. The first-order valence-electron chi connectivity index (χ1n) is 12.4. The van der Waals surface area contributed by atoms with E-state index in [1.165, 1.54) is 6.21 Å². The maximum atomic E-state index is 12.7. The summed E-state index contributed by atoms with van der Waals surface area (Å²) in [5, 5.41) is 10.7. The maximum absolute atomic E-state index is 12.7. The van der Waals surface area contributed by atoms with Crippen molar-refractivity contribution in [2.75, 3.05) is 26.4 Å². The zero-order valence-electron chi connectivity index (χ0n) is 22.4. The van der Waals surface area contributed by atoms with Crippen molar-refractivity contribution in [1.29, 1.82) is 0 Å². The molecule has 1 aliphatic rings. The van der Waals surface area contributed by atoms with E-state index in [9.17, 15) is 14.4 Å². The monoisotopic (exact) mass is 666 g/mol. The third kappa shape index (κ3) is 8.90. The van der Waals surface area contributed by atoms with Gasteiger partial charge in [0.15, 0.2) is 18.3 Å². The third-order valence-corrected chi connectivity index (χ3v) is 6.45. The van der Waals surface area contributed by atoms with Crippen molar-refractivity contribution >= 4 is 68.9 Å². The quantitative estimate of drug-likeness (QED) is 0.132. The molecule has 41 heavy (non-hydrogen) atoms. The van der Waals surface area contributed by atoms with E-state index < -0.39 is 23.9 Å². The first kappa shape index (κ1) is 31.8. The molecule has 218 valence electrons. The molecule has 1 amide bonds. The molecule has 1 aliphatic heterocycles. The Morgan fingerprint density at radius 2 is 1.85 bits per heavy atom. The lowest BCUT2D eigenvalue weighted by molar-refractivity contribution is -0.145. The highest BCUT2D eigenvalue weighted by Crippen LogP contribution is 2.34. The van der Waals surface area contributed by atoms with Crippen LogP contribution in [0.5, 0.6) is 11.5 Å². The van der Waals surface area contributed by atoms with Crippen LogP contribution in [0.4, 0.5) is 0 Å². The molecule has 2 aromatic carbocycles. The summed E-state index contributed by atoms with van der Waals surface area (Å²) in [7, 11) is 0. The Morgan fingerprint density at radius 1 is 1.12 bits per heavy atom. The molecule has 0 radical (unpaired) electrons. The van der Waals surface area contributed by atoms with Gasteiger partial charge in [0.2, 0.25) is 0 Å². The number of ether oxygens (including phenoxy) is 4. The average molecular weight is 668 g/mol. The number of carbonyl (C=O) groups is 3. The van der Waals surface area contributed by atoms with E-state index in [0.717, 1.165) is 0 Å². The van der Waals surface area contributed by atoms with Gasteiger partial charge in [0.05, 0.1) is 35.5 Å². The minimum absolute atomic E-state index is 0.205. The fourth-order valence-corrected chi connectivity index (χ4v) is 4.99. The number of esters is 2. The molecule has 14 heteroatoms. The minimum atomic E-state index is -0.658. The number of nitrogens with one attached hydrogen (secondary N) is 3. The number of amides is 1. The lowest BCUT2D eigenvalue weighted by atomic mass is 9.95. The van der Waals surface area contributed by atoms with Crippen molar-refractivity contribution in [2.45, 2.75) is 26.8 Å². The van der Waals surface area contributed by atoms with Gasteiger partial charge in [-0.1, -0.05) is 29.8 Å². The number of hydrogen-bond donors (Lipinski definition) is 3. The summed E-state index contributed by atoms with van der Waals surface area (Å²) in [5.41, 5.74) is 4.27. The first-order valence-corrected chi connectivity index (χ1v) is 14.0. The van der Waals surface area contributed by atoms with Crippen LogP contribution in [0.25, 0.3) is 0 Å². The fraction of sp³-hybridized carbons (Fsp3) is 0.296. The molecule has 0 saturated heterocycles. The van der Waals surface area contributed by atoms with Gasteiger partial charge in [-0.05, 0) is 67.1 Å². The van der Waals surface area contributed by atoms with Crippen LogP contribution in [0, 0.1) is 0 Å². The van der Waals surface area contributed by atoms with Crippen LogP contribution < -0.4 is 25.5 Å². The largest absolute Gasteiger partial charge is 0.483 e. The van der Waals surface area contributed by atoms with E-state index in [2.05, 4.69) is 37.1 Å². The fourth-order valence-electron chi connectivity index (χ4n) is 3.77. The van der Waals surface area contributed by atoms with Gasteiger partial charge in [0.25, 0.3) is 5.91 Å². The van der Waals surface area contributed by atoms with Crippen molar-refractivity contribution in [3.63, 3.8) is 0 Å². The van der Waals surface area contributed by atoms with E-state index >= 15 is 0 Å². The highest BCUT2D eigenvalue weighted by Gasteiger charge is 2.32. The Bertz CT molecular complexity index is 1390. The summed E-state index contributed by atoms with van der Waals surface area (Å²) >= 11 is 14.8. The van der Waals surface area contributed by atoms with Gasteiger partial charge in [0, 0.05) is 21.8 Å². The lowest BCUT2D eigenvalue weighted by Gasteiger charge is -2.30. The second-order valence-electron chi connectivity index (χ2n) is 8.31. The smallest absolute Gasteiger partial charge is 0.344 e. The van der Waals surface area contributed by atoms with Crippen molar-refractivity contribution < 1.29 is 33.3 Å². The number of carbonyl (C=O) groups excluding carboxylic acids is 3. The molecule has 11 nitrogen and oxygen atoms in total. The Kier molecular flexibility index (Phi) is 11.9. The molecule has 0 bridgehead atoms. The van der Waals surface area contributed by atoms with Crippen LogP contribution in [0.2, 0.25) is 5.02 Å². The summed E-state index contributed by atoms with van der Waals surface area (Å²) in [4.78, 5) is 37.0. The number of allylic oxidation sites excluding steroid dienone is 1. The molecule has 0 spiro atoms. The van der Waals surface area contributed by atoms with Crippen LogP contribution in [-0.4, -0.2) is 55.6 Å². The summed E-state index contributed by atoms with van der Waals surface area (Å²) < 4.78 is 22.0. The second kappa shape index (κ2) is 15.4. The van der Waals surface area contributed by atoms with E-state index in [1.807, 2.05) is 0 Å². The Balaban J connectivity index is 1.70. The van der Waals surface area contributed by atoms with Gasteiger partial charge in [-0.2, -0.15) is 5.10 Å². The third-order valence-electron chi connectivity index (χ3n) is 5.42. The van der Waals surface area contributed by atoms with Gasteiger partial charge in [-0.3, -0.25) is 4.79 Å². The number of hydrogen-bond acceptors (Lipinski definition) is 9. The molecule has 3 N–H and O–H groups in total. The van der Waals surface area contributed by atoms with Gasteiger partial charge >= 0.3 is 11.9 Å². The van der Waals surface area contributed by atoms with E-state index in [0.29, 0.717) is 48.5 Å². The number of thiocarbonyl (C=S) groups is 1. The Labute approximate surface area is 255 Å². The summed E-state index contributed by atoms with van der Waals surface area (Å²) in [6.07, 6.45) is 1.32. The van der Waals surface area contributed by atoms with Crippen molar-refractivity contribution in [1.82, 2.24) is 16.1 Å². The standard InChI is InChI=1S/C27H28BrClN4O7S/c1-4-37-22(35)14-40-25-16(10-17(29)11-19(25)28)12-30-33-21(34)13-39-20-9-7-6-8-18(20)24-23(26(36)38-5-2)15(3)31-27(41)32-24/h6-12,24H,4-5,13-14H2,1-3H3,(H,33,34)(H2,31,32,41)/t24-/m1/s1. The van der Waals surface area contributed by atoms with E-state index in [4.69, 9.17) is 42.8 Å². The minimum Gasteiger partial charge on any atom is -0.483 e. The van der Waals surface area contributed by atoms with Crippen LogP contribution in [0.1, 0.15) is 37.9 Å². The summed E-state index contributed by atoms with van der Waals surface area (Å²) in [6.45, 7) is 4.87. The topological polar surface area (TPSA) is 137 Å². The van der Waals surface area contributed by atoms with E-state index in [1.54, 1.807) is 57.2 Å². The van der Waals surface area contributed by atoms with Crippen LogP contribution in [0.15, 0.2) is 57.2 Å². The molecule has 0 aromatic heterocycles. The lowest BCUT2D eigenvalue weighted by Crippen LogP contribution is -2.45. The molecule has 2 aromatic rings. The zero-order valence-corrected chi connectivity index (χ0v) is 25.6. The zero-order chi connectivity index (χ0) is 29.9. The number of para-hydroxylation sites is 1. The van der Waals surface area contributed by atoms with Crippen molar-refractivity contribution in [3.8, 4) is 11.5 Å². The van der Waals surface area contributed by atoms with Crippen molar-refractivity contribution in [2.24, 2.45) is 5.10 Å². The van der Waals surface area contributed by atoms with Gasteiger partial charge in [0.1, 0.15) is 11.5 Å². The van der Waals surface area contributed by atoms with Crippen LogP contribution in [0.3, 0.4) is 0 Å². The highest BCUT2D eigenvalue weighted by molar-refractivity contribution is 9.10. The van der Waals surface area contributed by atoms with E-state index in [-0.39, 0.29) is 26.4 Å². The number of rotatable bonds is 12. The first-order chi connectivity index (χ1) is 19.6. The van der Waals surface area contributed by atoms with Gasteiger partial charge < -0.3 is 29.6 Å². The molecule has 0 unspecified atom stereocenters. The predicted octanol–water partition coefficient (Wildman–Crippen LogP) is 3.93. The molecule has 0 fully saturated rings. The second-order valence-corrected chi connectivity index (χ2v) is 10.0. The Hall–Kier alpha value is -3.68.